The zero-order chi connectivity index (χ0) is 27.6. The number of rotatable bonds is 10. The molecule has 2 unspecified atom stereocenters. The molecule has 2 aromatic carbocycles. The topological polar surface area (TPSA) is 105 Å². The van der Waals surface area contributed by atoms with Gasteiger partial charge >= 0.3 is 0 Å². The predicted octanol–water partition coefficient (Wildman–Crippen LogP) is 5.42. The standard InChI is InChI=1S/C26H28Cl2N2O5S3/c1-3-16(9-25-29(13-19(31)4-2)21-11-17(27)5-7-23(21)36-25)10-26-30(14-20(32)15-38(33,34)35)22-12-18(28)6-8-24(22)37-26/h5-12,19-20,31-32H,3-4,13-15H2,1-2H3. The fraction of sp³-hybridized carbons (Fsp3) is 0.346. The fourth-order valence-corrected chi connectivity index (χ4v) is 7.31. The minimum atomic E-state index is -4.59. The molecular formula is C26H28Cl2N2O5S3. The Balaban J connectivity index is 1.76. The summed E-state index contributed by atoms with van der Waals surface area (Å²) in [5.74, 6) is -0.877. The van der Waals surface area contributed by atoms with Gasteiger partial charge < -0.3 is 19.7 Å². The lowest BCUT2D eigenvalue weighted by atomic mass is 10.1. The highest BCUT2D eigenvalue weighted by molar-refractivity contribution is 8.03. The monoisotopic (exact) mass is 614 g/mol. The van der Waals surface area contributed by atoms with Crippen molar-refractivity contribution in [2.75, 3.05) is 17.2 Å². The van der Waals surface area contributed by atoms with Gasteiger partial charge in [0, 0.05) is 33.6 Å². The first-order chi connectivity index (χ1) is 18.0. The molecule has 2 heterocycles. The minimum Gasteiger partial charge on any atom is -0.748 e. The lowest BCUT2D eigenvalue weighted by Crippen LogP contribution is -2.43. The SMILES string of the molecule is CCC(/C=C1\Sc2ccc(Cl)cc2N1CC(O)CC)=C\c1sc2ccc(Cl)cc2[n+]1CC(O)CS(=O)(=O)[O-]. The van der Waals surface area contributed by atoms with E-state index in [0.717, 1.165) is 36.4 Å². The quantitative estimate of drug-likeness (QED) is 0.232. The van der Waals surface area contributed by atoms with Gasteiger partial charge in [-0.25, -0.2) is 8.42 Å². The van der Waals surface area contributed by atoms with E-state index in [1.165, 1.54) is 11.3 Å². The van der Waals surface area contributed by atoms with E-state index >= 15 is 0 Å². The first-order valence-electron chi connectivity index (χ1n) is 12.1. The van der Waals surface area contributed by atoms with Crippen molar-refractivity contribution < 1.29 is 27.8 Å². The van der Waals surface area contributed by atoms with Crippen LogP contribution in [0.15, 0.2) is 58.0 Å². The molecule has 0 radical (unpaired) electrons. The van der Waals surface area contributed by atoms with E-state index in [4.69, 9.17) is 23.2 Å². The molecule has 1 aliphatic rings. The average Bonchev–Trinajstić information content (AvgIpc) is 3.34. The maximum absolute atomic E-state index is 11.2. The number of anilines is 1. The van der Waals surface area contributed by atoms with Gasteiger partial charge in [-0.05, 0) is 54.8 Å². The zero-order valence-electron chi connectivity index (χ0n) is 20.8. The van der Waals surface area contributed by atoms with Crippen LogP contribution >= 0.6 is 46.3 Å². The van der Waals surface area contributed by atoms with E-state index in [1.54, 1.807) is 28.5 Å². The Morgan fingerprint density at radius 2 is 1.84 bits per heavy atom. The van der Waals surface area contributed by atoms with Gasteiger partial charge in [-0.2, -0.15) is 4.57 Å². The van der Waals surface area contributed by atoms with Crippen LogP contribution < -0.4 is 9.47 Å². The van der Waals surface area contributed by atoms with E-state index in [1.807, 2.05) is 44.2 Å². The molecule has 2 atom stereocenters. The summed E-state index contributed by atoms with van der Waals surface area (Å²) in [5, 5.41) is 23.7. The molecule has 3 aromatic rings. The third-order valence-electron chi connectivity index (χ3n) is 6.07. The summed E-state index contributed by atoms with van der Waals surface area (Å²) in [6, 6.07) is 11.1. The van der Waals surface area contributed by atoms with Crippen molar-refractivity contribution in [3.05, 3.63) is 68.1 Å². The molecule has 204 valence electrons. The van der Waals surface area contributed by atoms with Gasteiger partial charge in [0.1, 0.15) is 10.8 Å². The molecule has 12 heteroatoms. The second-order valence-electron chi connectivity index (χ2n) is 8.98. The minimum absolute atomic E-state index is 0.0747. The lowest BCUT2D eigenvalue weighted by molar-refractivity contribution is -0.675. The number of allylic oxidation sites excluding steroid dienone is 2. The number of hydrogen-bond donors (Lipinski definition) is 2. The van der Waals surface area contributed by atoms with Crippen molar-refractivity contribution in [2.24, 2.45) is 0 Å². The van der Waals surface area contributed by atoms with E-state index in [9.17, 15) is 23.2 Å². The number of benzene rings is 2. The smallest absolute Gasteiger partial charge is 0.263 e. The highest BCUT2D eigenvalue weighted by Gasteiger charge is 2.28. The molecule has 0 saturated carbocycles. The number of β-amino-alcohol motifs (C(OH)–C–C–N with tert-alkyl or cyclic N) is 1. The van der Waals surface area contributed by atoms with E-state index in [0.29, 0.717) is 29.4 Å². The van der Waals surface area contributed by atoms with Crippen LogP contribution in [0.2, 0.25) is 10.0 Å². The number of thioether (sulfide) groups is 1. The largest absolute Gasteiger partial charge is 0.748 e. The van der Waals surface area contributed by atoms with E-state index in [-0.39, 0.29) is 6.54 Å². The second-order valence-corrected chi connectivity index (χ2v) is 13.4. The van der Waals surface area contributed by atoms with E-state index in [2.05, 4.69) is 11.0 Å². The maximum Gasteiger partial charge on any atom is 0.263 e. The number of aliphatic hydroxyl groups excluding tert-OH is 2. The lowest BCUT2D eigenvalue weighted by Gasteiger charge is -2.23. The van der Waals surface area contributed by atoms with Crippen molar-refractivity contribution in [1.29, 1.82) is 0 Å². The van der Waals surface area contributed by atoms with Crippen LogP contribution in [0.3, 0.4) is 0 Å². The first-order valence-corrected chi connectivity index (χ1v) is 16.0. The Morgan fingerprint density at radius 3 is 2.53 bits per heavy atom. The number of nitrogens with zero attached hydrogens (tertiary/aromatic N) is 2. The molecule has 1 aliphatic heterocycles. The normalized spacial score (nSPS) is 16.9. The Hall–Kier alpha value is -1.63. The number of thiazole rings is 1. The Bertz CT molecular complexity index is 1500. The molecule has 2 N–H and O–H groups in total. The van der Waals surface area contributed by atoms with E-state index < -0.39 is 28.1 Å². The summed E-state index contributed by atoms with van der Waals surface area (Å²) in [4.78, 5) is 3.12. The van der Waals surface area contributed by atoms with Gasteiger partial charge in [0.25, 0.3) is 5.01 Å². The van der Waals surface area contributed by atoms with Gasteiger partial charge in [-0.3, -0.25) is 0 Å². The van der Waals surface area contributed by atoms with Crippen molar-refractivity contribution in [3.8, 4) is 0 Å². The number of aromatic nitrogens is 1. The molecule has 38 heavy (non-hydrogen) atoms. The Kier molecular flexibility index (Phi) is 9.47. The third-order valence-corrected chi connectivity index (χ3v) is 9.55. The van der Waals surface area contributed by atoms with Crippen molar-refractivity contribution in [3.63, 3.8) is 0 Å². The highest BCUT2D eigenvalue weighted by atomic mass is 35.5. The molecular weight excluding hydrogens is 587 g/mol. The van der Waals surface area contributed by atoms with Crippen molar-refractivity contribution in [1.82, 2.24) is 0 Å². The molecule has 4 rings (SSSR count). The summed E-state index contributed by atoms with van der Waals surface area (Å²) >= 11 is 15.6. The maximum atomic E-state index is 11.2. The van der Waals surface area contributed by atoms with Crippen LogP contribution in [0.25, 0.3) is 16.3 Å². The summed E-state index contributed by atoms with van der Waals surface area (Å²) < 4.78 is 36.4. The van der Waals surface area contributed by atoms with Gasteiger partial charge in [0.15, 0.2) is 6.54 Å². The van der Waals surface area contributed by atoms with Crippen LogP contribution in [0.4, 0.5) is 5.69 Å². The van der Waals surface area contributed by atoms with Crippen molar-refractivity contribution in [2.45, 2.75) is 50.3 Å². The number of aliphatic hydroxyl groups is 2. The fourth-order valence-electron chi connectivity index (χ4n) is 4.14. The van der Waals surface area contributed by atoms with Crippen LogP contribution in [0, 0.1) is 0 Å². The third kappa shape index (κ3) is 7.11. The Labute approximate surface area is 240 Å². The zero-order valence-corrected chi connectivity index (χ0v) is 24.8. The average molecular weight is 616 g/mol. The molecule has 0 saturated heterocycles. The highest BCUT2D eigenvalue weighted by Crippen LogP contribution is 2.47. The van der Waals surface area contributed by atoms with Gasteiger partial charge in [0.2, 0.25) is 5.52 Å². The van der Waals surface area contributed by atoms with Crippen LogP contribution in [0.5, 0.6) is 0 Å². The molecule has 1 aromatic heterocycles. The van der Waals surface area contributed by atoms with Gasteiger partial charge in [0.05, 0.1) is 32.7 Å². The Morgan fingerprint density at radius 1 is 1.13 bits per heavy atom. The molecule has 0 amide bonds. The van der Waals surface area contributed by atoms with Gasteiger partial charge in [-0.1, -0.05) is 60.1 Å². The molecule has 0 spiro atoms. The summed E-state index contributed by atoms with van der Waals surface area (Å²) in [6.45, 7) is 4.32. The molecule has 0 bridgehead atoms. The second kappa shape index (κ2) is 12.3. The number of fused-ring (bicyclic) bond motifs is 2. The molecule has 0 fully saturated rings. The summed E-state index contributed by atoms with van der Waals surface area (Å²) in [6.07, 6.45) is 3.50. The van der Waals surface area contributed by atoms with Gasteiger partial charge in [-0.15, -0.1) is 0 Å². The number of hydrogen-bond acceptors (Lipinski definition) is 8. The molecule has 7 nitrogen and oxygen atoms in total. The van der Waals surface area contributed by atoms with Crippen molar-refractivity contribution >= 4 is 78.4 Å². The summed E-state index contributed by atoms with van der Waals surface area (Å²) in [7, 11) is -4.59. The molecule has 0 aliphatic carbocycles. The van der Waals surface area contributed by atoms with Crippen LogP contribution in [-0.2, 0) is 16.7 Å². The van der Waals surface area contributed by atoms with Crippen LogP contribution in [0.1, 0.15) is 31.7 Å². The van der Waals surface area contributed by atoms with Crippen LogP contribution in [-0.4, -0.2) is 47.7 Å². The summed E-state index contributed by atoms with van der Waals surface area (Å²) in [5.41, 5.74) is 2.68. The predicted molar refractivity (Wildman–Crippen MR) is 155 cm³/mol. The first kappa shape index (κ1) is 29.4. The number of halogens is 2.